The number of hydrogen-bond acceptors (Lipinski definition) is 0. The van der Waals surface area contributed by atoms with Crippen LogP contribution in [0.4, 0.5) is 0 Å². The smallest absolute Gasteiger partial charge is 0 e. The first-order valence-electron chi connectivity index (χ1n) is 8.92. The fourth-order valence-electron chi connectivity index (χ4n) is 5.13. The van der Waals surface area contributed by atoms with Crippen LogP contribution in [-0.4, -0.2) is 5.92 Å². The molecule has 0 spiro atoms. The number of allylic oxidation sites excluding steroid dienone is 2. The van der Waals surface area contributed by atoms with Gasteiger partial charge in [0.05, 0.1) is 0 Å². The Hall–Kier alpha value is -0.0969. The third-order valence-electron chi connectivity index (χ3n) is 5.93. The van der Waals surface area contributed by atoms with Gasteiger partial charge < -0.3 is 0 Å². The minimum Gasteiger partial charge on any atom is 0 e. The molecule has 0 saturated carbocycles. The Morgan fingerprint density at radius 1 is 0.720 bits per heavy atom. The average molecular weight is 500 g/mol. The van der Waals surface area contributed by atoms with E-state index < -0.39 is 26.8 Å². The number of fused-ring (bicyclic) bond motifs is 2. The number of rotatable bonds is 3. The van der Waals surface area contributed by atoms with Gasteiger partial charge in [0.25, 0.3) is 0 Å². The van der Waals surface area contributed by atoms with Crippen molar-refractivity contribution in [1.29, 1.82) is 0 Å². The molecule has 0 fully saturated rings. The monoisotopic (exact) mass is 497 g/mol. The molecule has 0 aromatic heterocycles. The molecular formula is C22H25SiZr2. The quantitative estimate of drug-likeness (QED) is 0.491. The van der Waals surface area contributed by atoms with Crippen molar-refractivity contribution in [3.05, 3.63) is 82.9 Å². The van der Waals surface area contributed by atoms with Gasteiger partial charge in [0, 0.05) is 26.2 Å². The molecule has 0 amide bonds. The summed E-state index contributed by atoms with van der Waals surface area (Å²) >= 11 is -1.90. The van der Waals surface area contributed by atoms with Gasteiger partial charge in [-0.25, -0.2) is 0 Å². The summed E-state index contributed by atoms with van der Waals surface area (Å²) in [6.45, 7) is 10.3. The predicted octanol–water partition coefficient (Wildman–Crippen LogP) is 5.47. The maximum Gasteiger partial charge on any atom is 0 e. The van der Waals surface area contributed by atoms with Gasteiger partial charge in [0.2, 0.25) is 0 Å². The second-order valence-corrected chi connectivity index (χ2v) is 29.2. The molecular weight excluding hydrogens is 475 g/mol. The van der Waals surface area contributed by atoms with Crippen molar-refractivity contribution in [3.63, 3.8) is 0 Å². The minimum atomic E-state index is -1.90. The van der Waals surface area contributed by atoms with E-state index in [1.54, 1.807) is 11.1 Å². The molecule has 0 bridgehead atoms. The first-order chi connectivity index (χ1) is 11.5. The van der Waals surface area contributed by atoms with Crippen LogP contribution in [0.5, 0.6) is 0 Å². The fourth-order valence-corrected chi connectivity index (χ4v) is 34.7. The molecule has 0 saturated heterocycles. The van der Waals surface area contributed by atoms with E-state index in [9.17, 15) is 0 Å². The Bertz CT molecular complexity index is 787. The topological polar surface area (TPSA) is 0 Å². The summed E-state index contributed by atoms with van der Waals surface area (Å²) in [5.74, 6) is -0.750. The summed E-state index contributed by atoms with van der Waals surface area (Å²) in [5.41, 5.74) is 6.09. The number of hydrogen-bond donors (Lipinski definition) is 0. The standard InChI is InChI=1S/2C10H9.C2H7Si.2Zr/c2*1-8-6-7-9-4-2-3-5-10(8)9;1-3-2;;/h2*2-7H,1H3;3H,1-2H3;;. The SMILES string of the molecule is C[SiH](C)[Zr]([C]1(C)C=Cc2ccccc21)[C]1(C)C=Cc2ccccc21.[Zr]. The van der Waals surface area contributed by atoms with Crippen molar-refractivity contribution in [1.82, 2.24) is 0 Å². The molecule has 25 heavy (non-hydrogen) atoms. The molecule has 4 rings (SSSR count). The van der Waals surface area contributed by atoms with Crippen LogP contribution in [0.25, 0.3) is 12.2 Å². The molecule has 0 heterocycles. The van der Waals surface area contributed by atoms with Crippen LogP contribution < -0.4 is 0 Å². The van der Waals surface area contributed by atoms with Gasteiger partial charge in [-0.3, -0.25) is 0 Å². The van der Waals surface area contributed by atoms with Gasteiger partial charge in [0.15, 0.2) is 0 Å². The first-order valence-corrected chi connectivity index (χ1v) is 18.5. The Balaban J connectivity index is 0.00000182. The van der Waals surface area contributed by atoms with Crippen molar-refractivity contribution in [3.8, 4) is 0 Å². The largest absolute Gasteiger partial charge is 0 e. The maximum atomic E-state index is 2.61. The van der Waals surface area contributed by atoms with E-state index in [1.165, 1.54) is 11.1 Å². The normalized spacial score (nSPS) is 25.6. The van der Waals surface area contributed by atoms with Crippen LogP contribution in [0.1, 0.15) is 36.1 Å². The summed E-state index contributed by atoms with van der Waals surface area (Å²) in [7, 11) is 0. The van der Waals surface area contributed by atoms with Crippen molar-refractivity contribution in [2.75, 3.05) is 0 Å². The Morgan fingerprint density at radius 2 is 1.12 bits per heavy atom. The third kappa shape index (κ3) is 2.99. The van der Waals surface area contributed by atoms with Crippen LogP contribution >= 0.6 is 0 Å². The molecule has 125 valence electrons. The average Bonchev–Trinajstić information content (AvgIpc) is 3.08. The van der Waals surface area contributed by atoms with E-state index in [1.807, 2.05) is 0 Å². The van der Waals surface area contributed by atoms with Gasteiger partial charge in [-0.05, 0) is 0 Å². The van der Waals surface area contributed by atoms with E-state index in [4.69, 9.17) is 0 Å². The van der Waals surface area contributed by atoms with Crippen molar-refractivity contribution < 1.29 is 47.1 Å². The van der Waals surface area contributed by atoms with E-state index >= 15 is 0 Å². The van der Waals surface area contributed by atoms with E-state index in [0.29, 0.717) is 6.25 Å². The van der Waals surface area contributed by atoms with Crippen LogP contribution in [0.15, 0.2) is 60.7 Å². The van der Waals surface area contributed by atoms with Gasteiger partial charge in [-0.2, -0.15) is 0 Å². The van der Waals surface area contributed by atoms with Crippen LogP contribution in [0, 0.1) is 0 Å². The molecule has 3 heteroatoms. The zero-order valence-electron chi connectivity index (χ0n) is 15.5. The zero-order chi connectivity index (χ0) is 16.9. The molecule has 0 N–H and O–H groups in total. The molecule has 2 aromatic rings. The Morgan fingerprint density at radius 3 is 1.52 bits per heavy atom. The van der Waals surface area contributed by atoms with Crippen molar-refractivity contribution >= 4 is 18.1 Å². The zero-order valence-corrected chi connectivity index (χ0v) is 21.6. The molecule has 0 radical (unpaired) electrons. The molecule has 0 aliphatic heterocycles. The van der Waals surface area contributed by atoms with Crippen molar-refractivity contribution in [2.24, 2.45) is 0 Å². The van der Waals surface area contributed by atoms with Gasteiger partial charge >= 0.3 is 155 Å². The summed E-state index contributed by atoms with van der Waals surface area (Å²) < 4.78 is 0.630. The van der Waals surface area contributed by atoms with Gasteiger partial charge in [-0.1, -0.05) is 0 Å². The maximum absolute atomic E-state index is 2.61. The molecule has 2 unspecified atom stereocenters. The summed E-state index contributed by atoms with van der Waals surface area (Å²) in [5, 5.41) is 0. The van der Waals surface area contributed by atoms with E-state index in [2.05, 4.69) is 99.8 Å². The molecule has 2 aliphatic rings. The predicted molar refractivity (Wildman–Crippen MR) is 105 cm³/mol. The van der Waals surface area contributed by atoms with Crippen LogP contribution in [0.3, 0.4) is 0 Å². The minimum absolute atomic E-state index is 0. The second kappa shape index (κ2) is 7.14. The van der Waals surface area contributed by atoms with Gasteiger partial charge in [0.1, 0.15) is 0 Å². The van der Waals surface area contributed by atoms with Gasteiger partial charge in [-0.15, -0.1) is 0 Å². The van der Waals surface area contributed by atoms with Crippen molar-refractivity contribution in [2.45, 2.75) is 33.2 Å². The molecule has 0 nitrogen and oxygen atoms in total. The Kier molecular flexibility index (Phi) is 5.62. The van der Waals surface area contributed by atoms with E-state index in [0.717, 1.165) is 0 Å². The van der Waals surface area contributed by atoms with Crippen LogP contribution in [-0.2, 0) is 53.4 Å². The summed E-state index contributed by atoms with van der Waals surface area (Å²) in [6, 6.07) is 18.2. The first kappa shape index (κ1) is 19.7. The van der Waals surface area contributed by atoms with Crippen LogP contribution in [0.2, 0.25) is 13.1 Å². The summed E-state index contributed by atoms with van der Waals surface area (Å²) in [6.07, 6.45) is 9.92. The van der Waals surface area contributed by atoms with E-state index in [-0.39, 0.29) is 26.2 Å². The number of benzene rings is 2. The summed E-state index contributed by atoms with van der Waals surface area (Å²) in [4.78, 5) is 0. The Labute approximate surface area is 179 Å². The molecule has 2 aliphatic carbocycles. The molecule has 2 atom stereocenters. The second-order valence-electron chi connectivity index (χ2n) is 7.81. The molecule has 2 aromatic carbocycles. The third-order valence-corrected chi connectivity index (χ3v) is 30.3. The fraction of sp³-hybridized carbons (Fsp3) is 0.273.